The predicted molar refractivity (Wildman–Crippen MR) is 121 cm³/mol. The van der Waals surface area contributed by atoms with Gasteiger partial charge in [0.25, 0.3) is 5.91 Å². The lowest BCUT2D eigenvalue weighted by Gasteiger charge is -2.15. The number of hydrogen-bond donors (Lipinski definition) is 1. The Morgan fingerprint density at radius 3 is 2.45 bits per heavy atom. The van der Waals surface area contributed by atoms with Gasteiger partial charge in [-0.15, -0.1) is 0 Å². The summed E-state index contributed by atoms with van der Waals surface area (Å²) in [6.07, 6.45) is 5.52. The Bertz CT molecular complexity index is 1040. The summed E-state index contributed by atoms with van der Waals surface area (Å²) in [5.74, 6) is 1.62. The number of aromatic nitrogens is 2. The molecule has 0 saturated heterocycles. The number of aryl methyl sites for hydroxylation is 1. The minimum Gasteiger partial charge on any atom is -0.497 e. The van der Waals surface area contributed by atoms with Crippen molar-refractivity contribution in [2.75, 3.05) is 26.1 Å². The first-order chi connectivity index (χ1) is 15.0. The second-order valence-electron chi connectivity index (χ2n) is 7.11. The van der Waals surface area contributed by atoms with Gasteiger partial charge in [-0.2, -0.15) is 5.10 Å². The van der Waals surface area contributed by atoms with Crippen molar-refractivity contribution in [2.45, 2.75) is 13.0 Å². The lowest BCUT2D eigenvalue weighted by molar-refractivity contribution is 0.0917. The fourth-order valence-corrected chi connectivity index (χ4v) is 3.00. The molecule has 1 N–H and O–H groups in total. The molecule has 0 fully saturated rings. The second-order valence-corrected chi connectivity index (χ2v) is 7.11. The highest BCUT2D eigenvalue weighted by Gasteiger charge is 2.12. The lowest BCUT2D eigenvalue weighted by atomic mass is 10.1. The van der Waals surface area contributed by atoms with E-state index in [2.05, 4.69) is 10.4 Å². The van der Waals surface area contributed by atoms with Crippen molar-refractivity contribution in [3.8, 4) is 11.5 Å². The van der Waals surface area contributed by atoms with Crippen molar-refractivity contribution in [2.24, 2.45) is 7.05 Å². The van der Waals surface area contributed by atoms with Crippen LogP contribution in [0.3, 0.4) is 0 Å². The van der Waals surface area contributed by atoms with Crippen LogP contribution in [0.2, 0.25) is 0 Å². The number of methoxy groups -OCH3 is 2. The van der Waals surface area contributed by atoms with Crippen LogP contribution in [-0.2, 0) is 11.8 Å². The van der Waals surface area contributed by atoms with Crippen LogP contribution in [0.15, 0.2) is 54.7 Å². The van der Waals surface area contributed by atoms with Gasteiger partial charge in [-0.3, -0.25) is 9.48 Å². The maximum Gasteiger partial charge on any atom is 0.257 e. The van der Waals surface area contributed by atoms with Gasteiger partial charge in [-0.1, -0.05) is 24.3 Å². The first kappa shape index (κ1) is 22.1. The number of nitrogens with one attached hydrogen (secondary N) is 1. The number of amides is 1. The average Bonchev–Trinajstić information content (AvgIpc) is 3.17. The molecule has 2 aromatic carbocycles. The van der Waals surface area contributed by atoms with Crippen LogP contribution in [0.25, 0.3) is 12.2 Å². The molecule has 0 aliphatic carbocycles. The standard InChI is InChI=1S/C24H27N3O4/c1-17(16-29-3)31-22-14-19(6-5-18-7-9-21(30-4)10-8-18)13-20(15-22)24(28)25-23-11-12-27(2)26-23/h5-15,17H,16H2,1-4H3,(H,25,26,28)/t17-/m0/s1. The zero-order valence-electron chi connectivity index (χ0n) is 18.2. The van der Waals surface area contributed by atoms with E-state index in [1.807, 2.05) is 55.5 Å². The third kappa shape index (κ3) is 6.45. The molecule has 0 radical (unpaired) electrons. The molecule has 0 unspecified atom stereocenters. The van der Waals surface area contributed by atoms with Crippen LogP contribution in [0, 0.1) is 0 Å². The molecule has 1 amide bonds. The Kier molecular flexibility index (Phi) is 7.45. The van der Waals surface area contributed by atoms with Crippen LogP contribution in [0.4, 0.5) is 5.82 Å². The van der Waals surface area contributed by atoms with Crippen LogP contribution < -0.4 is 14.8 Å². The van der Waals surface area contributed by atoms with E-state index in [1.165, 1.54) is 0 Å². The topological polar surface area (TPSA) is 74.6 Å². The van der Waals surface area contributed by atoms with Crippen LogP contribution >= 0.6 is 0 Å². The molecule has 3 aromatic rings. The van der Waals surface area contributed by atoms with Gasteiger partial charge >= 0.3 is 0 Å². The third-order valence-electron chi connectivity index (χ3n) is 4.47. The number of hydrogen-bond acceptors (Lipinski definition) is 5. The van der Waals surface area contributed by atoms with E-state index in [0.29, 0.717) is 23.7 Å². The highest BCUT2D eigenvalue weighted by Crippen LogP contribution is 2.22. The zero-order valence-corrected chi connectivity index (χ0v) is 18.2. The molecule has 0 aliphatic heterocycles. The molecule has 3 rings (SSSR count). The molecule has 0 aliphatic rings. The summed E-state index contributed by atoms with van der Waals surface area (Å²) in [5, 5.41) is 7.01. The number of carbonyl (C=O) groups is 1. The molecule has 162 valence electrons. The number of nitrogens with zero attached hydrogens (tertiary/aromatic N) is 2. The highest BCUT2D eigenvalue weighted by molar-refractivity contribution is 6.04. The van der Waals surface area contributed by atoms with E-state index in [-0.39, 0.29) is 12.0 Å². The van der Waals surface area contributed by atoms with Crippen molar-refractivity contribution in [3.05, 3.63) is 71.4 Å². The number of carbonyl (C=O) groups excluding carboxylic acids is 1. The fraction of sp³-hybridized carbons (Fsp3) is 0.250. The number of rotatable bonds is 9. The molecule has 31 heavy (non-hydrogen) atoms. The van der Waals surface area contributed by atoms with E-state index in [4.69, 9.17) is 14.2 Å². The van der Waals surface area contributed by atoms with Crippen molar-refractivity contribution in [1.29, 1.82) is 0 Å². The summed E-state index contributed by atoms with van der Waals surface area (Å²) < 4.78 is 17.9. The van der Waals surface area contributed by atoms with Crippen molar-refractivity contribution >= 4 is 23.9 Å². The highest BCUT2D eigenvalue weighted by atomic mass is 16.5. The number of anilines is 1. The summed E-state index contributed by atoms with van der Waals surface area (Å²) in [7, 11) is 5.06. The fourth-order valence-electron chi connectivity index (χ4n) is 3.00. The van der Waals surface area contributed by atoms with Gasteiger partial charge in [0.2, 0.25) is 0 Å². The first-order valence-corrected chi connectivity index (χ1v) is 9.90. The van der Waals surface area contributed by atoms with E-state index in [9.17, 15) is 4.79 Å². The Morgan fingerprint density at radius 1 is 1.06 bits per heavy atom. The molecular formula is C24H27N3O4. The largest absolute Gasteiger partial charge is 0.497 e. The molecule has 7 nitrogen and oxygen atoms in total. The lowest BCUT2D eigenvalue weighted by Crippen LogP contribution is -2.19. The third-order valence-corrected chi connectivity index (χ3v) is 4.47. The van der Waals surface area contributed by atoms with Crippen molar-refractivity contribution in [1.82, 2.24) is 9.78 Å². The van der Waals surface area contributed by atoms with Crippen LogP contribution in [-0.4, -0.2) is 42.6 Å². The number of ether oxygens (including phenoxy) is 3. The molecule has 0 saturated carbocycles. The van der Waals surface area contributed by atoms with E-state index < -0.39 is 0 Å². The predicted octanol–water partition coefficient (Wildman–Crippen LogP) is 4.27. The Morgan fingerprint density at radius 2 is 1.81 bits per heavy atom. The van der Waals surface area contributed by atoms with Gasteiger partial charge in [0.1, 0.15) is 17.6 Å². The summed E-state index contributed by atoms with van der Waals surface area (Å²) in [6, 6.07) is 14.9. The minimum atomic E-state index is -0.261. The maximum atomic E-state index is 12.8. The molecule has 0 bridgehead atoms. The number of benzene rings is 2. The summed E-state index contributed by atoms with van der Waals surface area (Å²) in [5.41, 5.74) is 2.32. The molecule has 1 heterocycles. The molecular weight excluding hydrogens is 394 g/mol. The monoisotopic (exact) mass is 421 g/mol. The molecule has 1 atom stereocenters. The van der Waals surface area contributed by atoms with Gasteiger partial charge in [0, 0.05) is 32.0 Å². The normalized spacial score (nSPS) is 12.0. The summed E-state index contributed by atoms with van der Waals surface area (Å²) >= 11 is 0. The average molecular weight is 421 g/mol. The van der Waals surface area contributed by atoms with Gasteiger partial charge in [-0.25, -0.2) is 0 Å². The van der Waals surface area contributed by atoms with E-state index >= 15 is 0 Å². The Balaban J connectivity index is 1.86. The Hall–Kier alpha value is -3.58. The smallest absolute Gasteiger partial charge is 0.257 e. The minimum absolute atomic E-state index is 0.155. The Labute approximate surface area is 182 Å². The van der Waals surface area contributed by atoms with Gasteiger partial charge in [0.05, 0.1) is 13.7 Å². The second kappa shape index (κ2) is 10.4. The summed E-state index contributed by atoms with van der Waals surface area (Å²) in [4.78, 5) is 12.8. The zero-order chi connectivity index (χ0) is 22.2. The molecule has 1 aromatic heterocycles. The maximum absolute atomic E-state index is 12.8. The van der Waals surface area contributed by atoms with Crippen LogP contribution in [0.5, 0.6) is 11.5 Å². The van der Waals surface area contributed by atoms with Crippen molar-refractivity contribution in [3.63, 3.8) is 0 Å². The van der Waals surface area contributed by atoms with Crippen LogP contribution in [0.1, 0.15) is 28.4 Å². The molecule has 7 heteroatoms. The van der Waals surface area contributed by atoms with Crippen molar-refractivity contribution < 1.29 is 19.0 Å². The van der Waals surface area contributed by atoms with E-state index in [1.54, 1.807) is 44.3 Å². The van der Waals surface area contributed by atoms with Gasteiger partial charge < -0.3 is 19.5 Å². The SMILES string of the molecule is COC[C@H](C)Oc1cc(C=Cc2ccc(OC)cc2)cc(C(=O)Nc2ccn(C)n2)c1. The van der Waals surface area contributed by atoms with Gasteiger partial charge in [0.15, 0.2) is 5.82 Å². The summed E-state index contributed by atoms with van der Waals surface area (Å²) in [6.45, 7) is 2.36. The van der Waals surface area contributed by atoms with Gasteiger partial charge in [-0.05, 0) is 48.4 Å². The quantitative estimate of drug-likeness (QED) is 0.523. The molecule has 0 spiro atoms. The van der Waals surface area contributed by atoms with E-state index in [0.717, 1.165) is 16.9 Å². The first-order valence-electron chi connectivity index (χ1n) is 9.90.